The number of benzene rings is 3. The Morgan fingerprint density at radius 1 is 0.804 bits per heavy atom. The highest BCUT2D eigenvalue weighted by Gasteiger charge is 2.26. The summed E-state index contributed by atoms with van der Waals surface area (Å²) in [6.07, 6.45) is 3.24. The van der Waals surface area contributed by atoms with Crippen molar-refractivity contribution in [1.82, 2.24) is 15.1 Å². The summed E-state index contributed by atoms with van der Waals surface area (Å²) in [5.41, 5.74) is 7.56. The van der Waals surface area contributed by atoms with Crippen molar-refractivity contribution in [3.8, 4) is 16.9 Å². The first-order valence-electron chi connectivity index (χ1n) is 14.5. The highest BCUT2D eigenvalue weighted by molar-refractivity contribution is 6.07. The fraction of sp³-hybridized carbons (Fsp3) is 0.375. The molecule has 2 heterocycles. The van der Waals surface area contributed by atoms with Crippen LogP contribution in [-0.4, -0.2) is 81.6 Å². The van der Waals surface area contributed by atoms with E-state index in [2.05, 4.69) is 42.6 Å². The van der Waals surface area contributed by atoms with Crippen LogP contribution in [0.2, 0.25) is 0 Å². The zero-order valence-electron chi connectivity index (χ0n) is 25.7. The van der Waals surface area contributed by atoms with E-state index in [9.17, 15) is 22.9 Å². The van der Waals surface area contributed by atoms with Gasteiger partial charge in [0.2, 0.25) is 0 Å². The second-order valence-electron chi connectivity index (χ2n) is 10.0. The van der Waals surface area contributed by atoms with Crippen molar-refractivity contribution in [2.24, 2.45) is 5.73 Å². The van der Waals surface area contributed by atoms with Gasteiger partial charge < -0.3 is 20.9 Å². The molecule has 5 rings (SSSR count). The minimum Gasteiger partial charge on any atom is -0.335 e. The summed E-state index contributed by atoms with van der Waals surface area (Å²) in [6, 6.07) is 13.9. The van der Waals surface area contributed by atoms with Crippen molar-refractivity contribution >= 4 is 35.5 Å². The van der Waals surface area contributed by atoms with E-state index in [1.165, 1.54) is 94.7 Å². The Labute approximate surface area is 277 Å². The van der Waals surface area contributed by atoms with Gasteiger partial charge in [0.15, 0.2) is 5.75 Å². The van der Waals surface area contributed by atoms with Gasteiger partial charge in [0.05, 0.1) is 38.0 Å². The molecule has 0 atom stereocenters. The molecule has 3 aromatic carbocycles. The lowest BCUT2D eigenvalue weighted by molar-refractivity contribution is -0.00548. The van der Waals surface area contributed by atoms with Gasteiger partial charge in [-0.1, -0.05) is 12.1 Å². The summed E-state index contributed by atoms with van der Waals surface area (Å²) >= 11 is 9.00. The van der Waals surface area contributed by atoms with Crippen molar-refractivity contribution in [2.75, 3.05) is 60.0 Å². The summed E-state index contributed by atoms with van der Waals surface area (Å²) in [7, 11) is 2.78. The minimum atomic E-state index is -0.495. The lowest BCUT2D eigenvalue weighted by atomic mass is 10.0. The molecule has 46 heavy (non-hydrogen) atoms. The highest BCUT2D eigenvalue weighted by atomic mass is 35.5. The zero-order chi connectivity index (χ0) is 33.9. The van der Waals surface area contributed by atoms with E-state index in [1.54, 1.807) is 15.9 Å². The summed E-state index contributed by atoms with van der Waals surface area (Å²) in [5, 5.41) is 3.22. The first-order chi connectivity index (χ1) is 22.2. The van der Waals surface area contributed by atoms with Crippen LogP contribution in [0.3, 0.4) is 0 Å². The van der Waals surface area contributed by atoms with Gasteiger partial charge in [-0.2, -0.15) is 0 Å². The Bertz CT molecular complexity index is 1350. The van der Waals surface area contributed by atoms with Crippen LogP contribution in [0.15, 0.2) is 60.7 Å². The molecule has 2 saturated heterocycles. The first-order valence-corrected chi connectivity index (χ1v) is 15.1. The maximum Gasteiger partial charge on any atom is 0.254 e. The largest absolute Gasteiger partial charge is 0.335 e. The number of hydrogen-bond acceptors (Lipinski definition) is 7. The molecular weight excluding hydrogens is 648 g/mol. The Morgan fingerprint density at radius 2 is 1.35 bits per heavy atom. The molecular formula is C32H39Cl2F3N4O5. The van der Waals surface area contributed by atoms with Gasteiger partial charge >= 0.3 is 0 Å². The number of nitrogens with two attached hydrogens (primary N) is 1. The van der Waals surface area contributed by atoms with Gasteiger partial charge in [-0.15, -0.1) is 0 Å². The SMILES string of the molecule is C1CCNC1.COCl.COCl.NCCc1cc(F)cc(C(=O)N2CCN(C(=O)c3ccc(OF)c(-c4ccc(F)cc4)c3)CC2)c1. The maximum absolute atomic E-state index is 13.9. The van der Waals surface area contributed by atoms with E-state index in [0.717, 1.165) is 0 Å². The van der Waals surface area contributed by atoms with Crippen molar-refractivity contribution in [3.05, 3.63) is 89.0 Å². The zero-order valence-corrected chi connectivity index (χ0v) is 27.3. The van der Waals surface area contributed by atoms with Crippen LogP contribution in [0.5, 0.6) is 5.75 Å². The number of carbonyl (C=O) groups is 2. The number of halogens is 5. The third-order valence-electron chi connectivity index (χ3n) is 6.91. The summed E-state index contributed by atoms with van der Waals surface area (Å²) in [5.74, 6) is -1.62. The maximum atomic E-state index is 13.9. The predicted molar refractivity (Wildman–Crippen MR) is 172 cm³/mol. The lowest BCUT2D eigenvalue weighted by Crippen LogP contribution is -2.50. The molecule has 0 unspecified atom stereocenters. The number of carbonyl (C=O) groups excluding carboxylic acids is 2. The number of piperazine rings is 1. The van der Waals surface area contributed by atoms with E-state index in [1.807, 2.05) is 0 Å². The van der Waals surface area contributed by atoms with E-state index in [-0.39, 0.29) is 49.3 Å². The van der Waals surface area contributed by atoms with Crippen LogP contribution in [0.1, 0.15) is 39.1 Å². The summed E-state index contributed by atoms with van der Waals surface area (Å²) in [4.78, 5) is 33.1. The van der Waals surface area contributed by atoms with Crippen LogP contribution in [-0.2, 0) is 15.0 Å². The highest BCUT2D eigenvalue weighted by Crippen LogP contribution is 2.32. The second kappa shape index (κ2) is 21.4. The molecule has 9 nitrogen and oxygen atoms in total. The van der Waals surface area contributed by atoms with Gasteiger partial charge in [-0.05, 0) is 98.6 Å². The summed E-state index contributed by atoms with van der Waals surface area (Å²) < 4.78 is 47.7. The van der Waals surface area contributed by atoms with Gasteiger partial charge in [-0.3, -0.25) is 23.1 Å². The third-order valence-corrected chi connectivity index (χ3v) is 6.91. The van der Waals surface area contributed by atoms with Crippen molar-refractivity contribution < 1.29 is 36.4 Å². The number of amides is 2. The summed E-state index contributed by atoms with van der Waals surface area (Å²) in [6.45, 7) is 3.97. The van der Waals surface area contributed by atoms with Gasteiger partial charge in [-0.25, -0.2) is 8.78 Å². The number of nitrogens with one attached hydrogen (secondary N) is 1. The van der Waals surface area contributed by atoms with E-state index < -0.39 is 11.6 Å². The van der Waals surface area contributed by atoms with Crippen molar-refractivity contribution in [2.45, 2.75) is 19.3 Å². The Hall–Kier alpha value is -3.39. The first kappa shape index (κ1) is 38.8. The van der Waals surface area contributed by atoms with Crippen LogP contribution >= 0.6 is 23.7 Å². The lowest BCUT2D eigenvalue weighted by Gasteiger charge is -2.35. The molecule has 0 radical (unpaired) electrons. The van der Waals surface area contributed by atoms with Crippen molar-refractivity contribution in [1.29, 1.82) is 0 Å². The second-order valence-corrected chi connectivity index (χ2v) is 10.6. The molecule has 14 heteroatoms. The van der Waals surface area contributed by atoms with E-state index in [4.69, 9.17) is 5.73 Å². The van der Waals surface area contributed by atoms with Crippen LogP contribution < -0.4 is 16.0 Å². The normalized spacial score (nSPS) is 13.7. The number of nitrogens with zero attached hydrogens (tertiary/aromatic N) is 2. The fourth-order valence-electron chi connectivity index (χ4n) is 4.77. The van der Waals surface area contributed by atoms with Crippen LogP contribution in [0.25, 0.3) is 11.1 Å². The van der Waals surface area contributed by atoms with Crippen LogP contribution in [0.4, 0.5) is 13.3 Å². The molecule has 2 fully saturated rings. The molecule has 2 aliphatic rings. The molecule has 0 aromatic heterocycles. The fourth-order valence-corrected chi connectivity index (χ4v) is 4.77. The Balaban J connectivity index is 0.000000575. The average molecular weight is 688 g/mol. The smallest absolute Gasteiger partial charge is 0.254 e. The molecule has 0 bridgehead atoms. The number of hydrogen-bond donors (Lipinski definition) is 2. The molecule has 0 saturated carbocycles. The van der Waals surface area contributed by atoms with E-state index >= 15 is 0 Å². The topological polar surface area (TPSA) is 106 Å². The molecule has 0 spiro atoms. The van der Waals surface area contributed by atoms with Crippen molar-refractivity contribution in [3.63, 3.8) is 0 Å². The minimum absolute atomic E-state index is 0.0901. The Kier molecular flexibility index (Phi) is 18.1. The third kappa shape index (κ3) is 12.4. The Morgan fingerprint density at radius 3 is 1.83 bits per heavy atom. The average Bonchev–Trinajstić information content (AvgIpc) is 3.66. The van der Waals surface area contributed by atoms with Crippen LogP contribution in [0, 0.1) is 11.6 Å². The van der Waals surface area contributed by atoms with E-state index in [0.29, 0.717) is 35.2 Å². The quantitative estimate of drug-likeness (QED) is 0.331. The molecule has 252 valence electrons. The monoisotopic (exact) mass is 686 g/mol. The molecule has 2 amide bonds. The predicted octanol–water partition coefficient (Wildman–Crippen LogP) is 5.94. The van der Waals surface area contributed by atoms with Gasteiger partial charge in [0.1, 0.15) is 11.6 Å². The number of rotatable bonds is 6. The molecule has 2 aliphatic heterocycles. The molecule has 0 aliphatic carbocycles. The van der Waals surface area contributed by atoms with Gasteiger partial charge in [0, 0.05) is 47.4 Å². The van der Waals surface area contributed by atoms with Gasteiger partial charge in [0.25, 0.3) is 11.8 Å². The molecule has 3 aromatic rings. The molecule has 3 N–H and O–H groups in total. The standard InChI is InChI=1S/C26H24F3N3O3.C4H9N.2CH3ClO/c27-21-4-1-18(2-5-21)23-16-19(3-6-24(23)35-29)25(33)31-9-11-32(12-10-31)26(34)20-13-17(7-8-30)14-22(28)15-20;1-2-4-5-3-1;2*1-3-2/h1-6,13-16H,7-12,30H2;5H,1-4H2;2*1H3.